The van der Waals surface area contributed by atoms with Crippen LogP contribution in [0.25, 0.3) is 0 Å². The molecule has 0 spiro atoms. The number of carbonyl (C=O) groups is 1. The Kier molecular flexibility index (Phi) is 2.58. The number of rotatable bonds is 3. The number of halogens is 1. The van der Waals surface area contributed by atoms with Crippen molar-refractivity contribution in [2.24, 2.45) is 0 Å². The number of ether oxygens (including phenoxy) is 1. The molecule has 0 aliphatic heterocycles. The van der Waals surface area contributed by atoms with Crippen molar-refractivity contribution in [3.05, 3.63) is 29.6 Å². The molecule has 4 heteroatoms. The topological polar surface area (TPSA) is 38.3 Å². The summed E-state index contributed by atoms with van der Waals surface area (Å²) in [5.41, 5.74) is 0.334. The van der Waals surface area contributed by atoms with Gasteiger partial charge in [-0.05, 0) is 31.0 Å². The summed E-state index contributed by atoms with van der Waals surface area (Å²) >= 11 is 0. The fourth-order valence-corrected chi connectivity index (χ4v) is 1.30. The van der Waals surface area contributed by atoms with E-state index in [1.54, 1.807) is 6.07 Å². The molecule has 1 N–H and O–H groups in total. The van der Waals surface area contributed by atoms with E-state index < -0.39 is 5.82 Å². The molecule has 2 rings (SSSR count). The number of nitrogens with one attached hydrogen (secondary N) is 1. The minimum absolute atomic E-state index is 0.151. The summed E-state index contributed by atoms with van der Waals surface area (Å²) in [5.74, 6) is -0.585. The number of hydrogen-bond acceptors (Lipinski definition) is 2. The maximum absolute atomic E-state index is 13.3. The summed E-state index contributed by atoms with van der Waals surface area (Å²) in [6, 6.07) is 4.48. The fourth-order valence-electron chi connectivity index (χ4n) is 1.30. The van der Waals surface area contributed by atoms with Gasteiger partial charge >= 0.3 is 0 Å². The van der Waals surface area contributed by atoms with Gasteiger partial charge in [0.1, 0.15) is 0 Å². The number of benzene rings is 1. The first-order valence-electron chi connectivity index (χ1n) is 4.85. The Morgan fingerprint density at radius 2 is 2.27 bits per heavy atom. The first-order valence-corrected chi connectivity index (χ1v) is 4.85. The van der Waals surface area contributed by atoms with Gasteiger partial charge in [-0.2, -0.15) is 0 Å². The monoisotopic (exact) mass is 209 g/mol. The van der Waals surface area contributed by atoms with Crippen molar-refractivity contribution < 1.29 is 13.9 Å². The molecule has 0 aromatic heterocycles. The lowest BCUT2D eigenvalue weighted by Crippen LogP contribution is -2.25. The second-order valence-corrected chi connectivity index (χ2v) is 3.60. The Labute approximate surface area is 87.2 Å². The minimum Gasteiger partial charge on any atom is -0.494 e. The van der Waals surface area contributed by atoms with Crippen LogP contribution in [0.2, 0.25) is 0 Å². The summed E-state index contributed by atoms with van der Waals surface area (Å²) in [7, 11) is 1.39. The minimum atomic E-state index is -0.513. The normalized spacial score (nSPS) is 14.8. The molecule has 1 amide bonds. The molecule has 0 bridgehead atoms. The van der Waals surface area contributed by atoms with E-state index in [9.17, 15) is 9.18 Å². The number of methoxy groups -OCH3 is 1. The van der Waals surface area contributed by atoms with Gasteiger partial charge in [0.05, 0.1) is 7.11 Å². The van der Waals surface area contributed by atoms with Crippen LogP contribution in [0.4, 0.5) is 4.39 Å². The van der Waals surface area contributed by atoms with Crippen molar-refractivity contribution in [2.45, 2.75) is 18.9 Å². The quantitative estimate of drug-likeness (QED) is 0.823. The fraction of sp³-hybridized carbons (Fsp3) is 0.364. The lowest BCUT2D eigenvalue weighted by Gasteiger charge is -2.05. The van der Waals surface area contributed by atoms with E-state index in [2.05, 4.69) is 5.32 Å². The van der Waals surface area contributed by atoms with Gasteiger partial charge in [-0.1, -0.05) is 0 Å². The zero-order valence-corrected chi connectivity index (χ0v) is 8.42. The van der Waals surface area contributed by atoms with Crippen LogP contribution in [0.15, 0.2) is 18.2 Å². The van der Waals surface area contributed by atoms with Crippen LogP contribution < -0.4 is 10.1 Å². The highest BCUT2D eigenvalue weighted by Gasteiger charge is 2.24. The Balaban J connectivity index is 2.13. The predicted molar refractivity (Wildman–Crippen MR) is 53.4 cm³/mol. The summed E-state index contributed by atoms with van der Waals surface area (Å²) < 4.78 is 18.0. The second-order valence-electron chi connectivity index (χ2n) is 3.60. The van der Waals surface area contributed by atoms with Gasteiger partial charge in [-0.15, -0.1) is 0 Å². The molecular formula is C11H12FNO2. The van der Waals surface area contributed by atoms with Gasteiger partial charge < -0.3 is 10.1 Å². The van der Waals surface area contributed by atoms with E-state index in [1.165, 1.54) is 19.2 Å². The van der Waals surface area contributed by atoms with Crippen molar-refractivity contribution in [3.63, 3.8) is 0 Å². The first kappa shape index (κ1) is 9.96. The van der Waals surface area contributed by atoms with Gasteiger partial charge in [-0.3, -0.25) is 4.79 Å². The largest absolute Gasteiger partial charge is 0.494 e. The molecule has 0 unspecified atom stereocenters. The molecule has 3 nitrogen and oxygen atoms in total. The van der Waals surface area contributed by atoms with Crippen LogP contribution in [0.3, 0.4) is 0 Å². The van der Waals surface area contributed by atoms with Crippen LogP contribution in [-0.2, 0) is 0 Å². The molecular weight excluding hydrogens is 197 g/mol. The molecule has 1 aliphatic carbocycles. The van der Waals surface area contributed by atoms with Crippen molar-refractivity contribution >= 4 is 5.91 Å². The summed E-state index contributed by atoms with van der Waals surface area (Å²) in [6.45, 7) is 0. The van der Waals surface area contributed by atoms with E-state index in [0.29, 0.717) is 5.56 Å². The molecule has 80 valence electrons. The van der Waals surface area contributed by atoms with E-state index in [0.717, 1.165) is 12.8 Å². The molecule has 1 saturated carbocycles. The molecule has 0 radical (unpaired) electrons. The third-order valence-corrected chi connectivity index (χ3v) is 2.33. The Bertz CT molecular complexity index is 388. The number of amides is 1. The van der Waals surface area contributed by atoms with Crippen LogP contribution in [0, 0.1) is 5.82 Å². The highest BCUT2D eigenvalue weighted by Crippen LogP contribution is 2.21. The molecule has 1 aliphatic rings. The van der Waals surface area contributed by atoms with Gasteiger partial charge in [0, 0.05) is 11.6 Å². The summed E-state index contributed by atoms with van der Waals surface area (Å²) in [6.07, 6.45) is 2.04. The van der Waals surface area contributed by atoms with Crippen molar-refractivity contribution in [1.82, 2.24) is 5.32 Å². The van der Waals surface area contributed by atoms with Gasteiger partial charge in [0.2, 0.25) is 0 Å². The SMILES string of the molecule is COc1ccc(C(=O)NC2CC2)cc1F. The van der Waals surface area contributed by atoms with E-state index in [-0.39, 0.29) is 17.7 Å². The van der Waals surface area contributed by atoms with Crippen LogP contribution >= 0.6 is 0 Å². The van der Waals surface area contributed by atoms with E-state index in [4.69, 9.17) is 4.74 Å². The highest BCUT2D eigenvalue weighted by molar-refractivity contribution is 5.94. The van der Waals surface area contributed by atoms with Crippen molar-refractivity contribution in [1.29, 1.82) is 0 Å². The number of carbonyl (C=O) groups excluding carboxylic acids is 1. The molecule has 1 aromatic rings. The standard InChI is InChI=1S/C11H12FNO2/c1-15-10-5-2-7(6-9(10)12)11(14)13-8-3-4-8/h2,5-6,8H,3-4H2,1H3,(H,13,14). The molecule has 1 aromatic carbocycles. The lowest BCUT2D eigenvalue weighted by molar-refractivity contribution is 0.0950. The third kappa shape index (κ3) is 2.26. The summed E-state index contributed by atoms with van der Waals surface area (Å²) in [4.78, 5) is 11.5. The maximum Gasteiger partial charge on any atom is 0.251 e. The molecule has 1 fully saturated rings. The smallest absolute Gasteiger partial charge is 0.251 e. The average molecular weight is 209 g/mol. The summed E-state index contributed by atoms with van der Waals surface area (Å²) in [5, 5.41) is 2.79. The van der Waals surface area contributed by atoms with E-state index >= 15 is 0 Å². The molecule has 0 saturated heterocycles. The highest BCUT2D eigenvalue weighted by atomic mass is 19.1. The number of hydrogen-bond donors (Lipinski definition) is 1. The second kappa shape index (κ2) is 3.88. The lowest BCUT2D eigenvalue weighted by atomic mass is 10.2. The molecule has 15 heavy (non-hydrogen) atoms. The van der Waals surface area contributed by atoms with Crippen LogP contribution in [0.1, 0.15) is 23.2 Å². The Morgan fingerprint density at radius 3 is 2.80 bits per heavy atom. The van der Waals surface area contributed by atoms with Gasteiger partial charge in [0.15, 0.2) is 11.6 Å². The molecule has 0 heterocycles. The Hall–Kier alpha value is -1.58. The maximum atomic E-state index is 13.3. The van der Waals surface area contributed by atoms with Gasteiger partial charge in [0.25, 0.3) is 5.91 Å². The van der Waals surface area contributed by atoms with Crippen molar-refractivity contribution in [3.8, 4) is 5.75 Å². The van der Waals surface area contributed by atoms with Crippen LogP contribution in [0.5, 0.6) is 5.75 Å². The van der Waals surface area contributed by atoms with E-state index in [1.807, 2.05) is 0 Å². The van der Waals surface area contributed by atoms with Gasteiger partial charge in [-0.25, -0.2) is 4.39 Å². The van der Waals surface area contributed by atoms with Crippen LogP contribution in [-0.4, -0.2) is 19.1 Å². The molecule has 0 atom stereocenters. The zero-order chi connectivity index (χ0) is 10.8. The third-order valence-electron chi connectivity index (χ3n) is 2.33. The predicted octanol–water partition coefficient (Wildman–Crippen LogP) is 1.73. The first-order chi connectivity index (χ1) is 7.20. The van der Waals surface area contributed by atoms with Crippen molar-refractivity contribution in [2.75, 3.05) is 7.11 Å². The average Bonchev–Trinajstić information content (AvgIpc) is 3.01. The zero-order valence-electron chi connectivity index (χ0n) is 8.42. The Morgan fingerprint density at radius 1 is 1.53 bits per heavy atom.